The average Bonchev–Trinajstić information content (AvgIpc) is 2.58. The van der Waals surface area contributed by atoms with Crippen molar-refractivity contribution in [2.24, 2.45) is 12.5 Å². The summed E-state index contributed by atoms with van der Waals surface area (Å²) < 4.78 is 2.10. The summed E-state index contributed by atoms with van der Waals surface area (Å²) in [6.45, 7) is 8.88. The van der Waals surface area contributed by atoms with Crippen LogP contribution in [0.2, 0.25) is 0 Å². The van der Waals surface area contributed by atoms with Crippen LogP contribution in [0.1, 0.15) is 33.0 Å². The minimum atomic E-state index is 0.349. The Morgan fingerprint density at radius 1 is 1.47 bits per heavy atom. The summed E-state index contributed by atoms with van der Waals surface area (Å²) in [7, 11) is 2.06. The molecule has 1 N–H and O–H groups in total. The van der Waals surface area contributed by atoms with E-state index in [2.05, 4.69) is 42.7 Å². The van der Waals surface area contributed by atoms with Crippen LogP contribution in [0, 0.1) is 5.41 Å². The number of hydrogen-bond donors (Lipinski definition) is 1. The van der Waals surface area contributed by atoms with Crippen molar-refractivity contribution in [2.45, 2.75) is 33.6 Å². The van der Waals surface area contributed by atoms with Crippen LogP contribution in [-0.2, 0) is 13.5 Å². The van der Waals surface area contributed by atoms with Gasteiger partial charge in [-0.05, 0) is 18.4 Å². The second-order valence-electron chi connectivity index (χ2n) is 4.90. The Hall–Kier alpha value is -0.830. The summed E-state index contributed by atoms with van der Waals surface area (Å²) >= 11 is 0. The summed E-state index contributed by atoms with van der Waals surface area (Å²) in [6, 6.07) is 0. The normalized spacial score (nSPS) is 12.0. The minimum Gasteiger partial charge on any atom is -0.338 e. The lowest BCUT2D eigenvalue weighted by molar-refractivity contribution is 0.314. The van der Waals surface area contributed by atoms with E-state index in [0.717, 1.165) is 19.5 Å². The molecule has 0 amide bonds. The van der Waals surface area contributed by atoms with E-state index in [9.17, 15) is 0 Å². The van der Waals surface area contributed by atoms with Gasteiger partial charge >= 0.3 is 0 Å². The molecule has 0 saturated heterocycles. The largest absolute Gasteiger partial charge is 0.338 e. The van der Waals surface area contributed by atoms with Gasteiger partial charge in [0, 0.05) is 32.4 Å². The molecule has 1 aromatic heterocycles. The van der Waals surface area contributed by atoms with Crippen molar-refractivity contribution in [2.75, 3.05) is 13.1 Å². The Morgan fingerprint density at radius 3 is 2.73 bits per heavy atom. The first-order valence-electron chi connectivity index (χ1n) is 5.72. The highest BCUT2D eigenvalue weighted by Crippen LogP contribution is 2.21. The van der Waals surface area contributed by atoms with Gasteiger partial charge in [0.25, 0.3) is 0 Å². The lowest BCUT2D eigenvalue weighted by atomic mass is 9.87. The molecule has 0 radical (unpaired) electrons. The molecule has 0 aromatic carbocycles. The van der Waals surface area contributed by atoms with Crippen LogP contribution in [0.4, 0.5) is 0 Å². The van der Waals surface area contributed by atoms with E-state index in [0.29, 0.717) is 5.41 Å². The highest BCUT2D eigenvalue weighted by molar-refractivity contribution is 4.92. The quantitative estimate of drug-likeness (QED) is 0.776. The molecule has 3 nitrogen and oxygen atoms in total. The maximum Gasteiger partial charge on any atom is 0.108 e. The SMILES string of the molecule is CCNCC(C)(C)CCc1nccn1C. The summed E-state index contributed by atoms with van der Waals surface area (Å²) in [5.74, 6) is 1.18. The monoisotopic (exact) mass is 209 g/mol. The molecule has 0 fully saturated rings. The van der Waals surface area contributed by atoms with Crippen LogP contribution >= 0.6 is 0 Å². The highest BCUT2D eigenvalue weighted by atomic mass is 15.0. The zero-order valence-corrected chi connectivity index (χ0v) is 10.4. The third kappa shape index (κ3) is 4.04. The van der Waals surface area contributed by atoms with E-state index < -0.39 is 0 Å². The first kappa shape index (κ1) is 12.2. The Kier molecular flexibility index (Phi) is 4.33. The van der Waals surface area contributed by atoms with Crippen molar-refractivity contribution in [1.82, 2.24) is 14.9 Å². The zero-order valence-electron chi connectivity index (χ0n) is 10.4. The van der Waals surface area contributed by atoms with Crippen molar-refractivity contribution < 1.29 is 0 Å². The molecule has 1 heterocycles. The summed E-state index contributed by atoms with van der Waals surface area (Å²) in [4.78, 5) is 4.34. The van der Waals surface area contributed by atoms with Crippen molar-refractivity contribution in [3.63, 3.8) is 0 Å². The van der Waals surface area contributed by atoms with Crippen molar-refractivity contribution >= 4 is 0 Å². The molecule has 1 aromatic rings. The van der Waals surface area contributed by atoms with Gasteiger partial charge in [-0.2, -0.15) is 0 Å². The van der Waals surface area contributed by atoms with Crippen LogP contribution in [0.3, 0.4) is 0 Å². The number of aryl methyl sites for hydroxylation is 2. The number of hydrogen-bond acceptors (Lipinski definition) is 2. The number of nitrogens with zero attached hydrogens (tertiary/aromatic N) is 2. The lowest BCUT2D eigenvalue weighted by Crippen LogP contribution is -2.29. The van der Waals surface area contributed by atoms with Gasteiger partial charge in [-0.15, -0.1) is 0 Å². The van der Waals surface area contributed by atoms with E-state index >= 15 is 0 Å². The molecule has 15 heavy (non-hydrogen) atoms. The molecule has 86 valence electrons. The Balaban J connectivity index is 2.39. The van der Waals surface area contributed by atoms with E-state index in [1.54, 1.807) is 0 Å². The summed E-state index contributed by atoms with van der Waals surface area (Å²) in [6.07, 6.45) is 6.10. The smallest absolute Gasteiger partial charge is 0.108 e. The number of aromatic nitrogens is 2. The second-order valence-corrected chi connectivity index (χ2v) is 4.90. The summed E-state index contributed by atoms with van der Waals surface area (Å²) in [5.41, 5.74) is 0.349. The van der Waals surface area contributed by atoms with Gasteiger partial charge in [-0.25, -0.2) is 4.98 Å². The fraction of sp³-hybridized carbons (Fsp3) is 0.750. The Morgan fingerprint density at radius 2 is 2.20 bits per heavy atom. The molecule has 1 rings (SSSR count). The van der Waals surface area contributed by atoms with Crippen molar-refractivity contribution in [1.29, 1.82) is 0 Å². The second kappa shape index (κ2) is 5.31. The number of rotatable bonds is 6. The zero-order chi connectivity index (χ0) is 11.3. The molecular formula is C12H23N3. The van der Waals surface area contributed by atoms with Crippen LogP contribution in [-0.4, -0.2) is 22.6 Å². The Bertz CT molecular complexity index is 289. The maximum atomic E-state index is 4.34. The molecule has 0 aliphatic rings. The lowest BCUT2D eigenvalue weighted by Gasteiger charge is -2.24. The molecular weight excluding hydrogens is 186 g/mol. The number of imidazole rings is 1. The topological polar surface area (TPSA) is 29.9 Å². The summed E-state index contributed by atoms with van der Waals surface area (Å²) in [5, 5.41) is 3.41. The van der Waals surface area contributed by atoms with Gasteiger partial charge in [0.05, 0.1) is 0 Å². The van der Waals surface area contributed by atoms with E-state index in [4.69, 9.17) is 0 Å². The standard InChI is InChI=1S/C12H23N3/c1-5-13-10-12(2,3)7-6-11-14-8-9-15(11)4/h8-9,13H,5-7,10H2,1-4H3. The first-order chi connectivity index (χ1) is 7.05. The Labute approximate surface area is 92.9 Å². The fourth-order valence-electron chi connectivity index (χ4n) is 1.64. The third-order valence-electron chi connectivity index (χ3n) is 2.80. The van der Waals surface area contributed by atoms with Gasteiger partial charge in [0.1, 0.15) is 5.82 Å². The molecule has 0 spiro atoms. The molecule has 3 heteroatoms. The van der Waals surface area contributed by atoms with Gasteiger partial charge in [0.15, 0.2) is 0 Å². The number of nitrogens with one attached hydrogen (secondary N) is 1. The molecule has 0 unspecified atom stereocenters. The van der Waals surface area contributed by atoms with Gasteiger partial charge in [-0.1, -0.05) is 20.8 Å². The minimum absolute atomic E-state index is 0.349. The van der Waals surface area contributed by atoms with Crippen LogP contribution in [0.5, 0.6) is 0 Å². The van der Waals surface area contributed by atoms with Crippen molar-refractivity contribution in [3.05, 3.63) is 18.2 Å². The molecule has 0 atom stereocenters. The molecule has 0 aliphatic carbocycles. The predicted molar refractivity (Wildman–Crippen MR) is 63.9 cm³/mol. The maximum absolute atomic E-state index is 4.34. The van der Waals surface area contributed by atoms with Crippen molar-refractivity contribution in [3.8, 4) is 0 Å². The predicted octanol–water partition coefficient (Wildman–Crippen LogP) is 1.99. The van der Waals surface area contributed by atoms with Crippen LogP contribution in [0.15, 0.2) is 12.4 Å². The first-order valence-corrected chi connectivity index (χ1v) is 5.72. The third-order valence-corrected chi connectivity index (χ3v) is 2.80. The fourth-order valence-corrected chi connectivity index (χ4v) is 1.64. The van der Waals surface area contributed by atoms with Crippen LogP contribution in [0.25, 0.3) is 0 Å². The average molecular weight is 209 g/mol. The molecule has 0 bridgehead atoms. The van der Waals surface area contributed by atoms with E-state index in [1.807, 2.05) is 12.4 Å². The molecule has 0 aliphatic heterocycles. The molecule has 0 saturated carbocycles. The van der Waals surface area contributed by atoms with Gasteiger partial charge in [0.2, 0.25) is 0 Å². The van der Waals surface area contributed by atoms with Gasteiger partial charge in [-0.3, -0.25) is 0 Å². The van der Waals surface area contributed by atoms with E-state index in [1.165, 1.54) is 12.2 Å². The highest BCUT2D eigenvalue weighted by Gasteiger charge is 2.17. The van der Waals surface area contributed by atoms with Crippen LogP contribution < -0.4 is 5.32 Å². The van der Waals surface area contributed by atoms with Gasteiger partial charge < -0.3 is 9.88 Å². The van der Waals surface area contributed by atoms with E-state index in [-0.39, 0.29) is 0 Å².